The number of nitrogens with zero attached hydrogens (tertiary/aromatic N) is 2. The van der Waals surface area contributed by atoms with Gasteiger partial charge in [0.05, 0.1) is 0 Å². The monoisotopic (exact) mass is 403 g/mol. The Kier molecular flexibility index (Phi) is 6.48. The third-order valence-corrected chi connectivity index (χ3v) is 4.66. The van der Waals surface area contributed by atoms with Crippen LogP contribution in [0.4, 0.5) is 0 Å². The van der Waals surface area contributed by atoms with E-state index in [1.807, 2.05) is 37.3 Å². The number of hydrogen-bond acceptors (Lipinski definition) is 4. The van der Waals surface area contributed by atoms with E-state index in [-0.39, 0.29) is 12.3 Å². The number of rotatable bonds is 7. The van der Waals surface area contributed by atoms with Crippen LogP contribution in [-0.4, -0.2) is 22.6 Å². The van der Waals surface area contributed by atoms with Crippen LogP contribution in [0.15, 0.2) is 47.0 Å². The number of hydrogen-bond donors (Lipinski definition) is 1. The third-order valence-electron chi connectivity index (χ3n) is 4.08. The number of nitrogens with one attached hydrogen (secondary N) is 1. The van der Waals surface area contributed by atoms with E-state index in [1.54, 1.807) is 12.1 Å². The molecule has 1 heterocycles. The molecule has 3 rings (SSSR count). The lowest BCUT2D eigenvalue weighted by atomic mass is 10.1. The summed E-state index contributed by atoms with van der Waals surface area (Å²) in [6.45, 7) is 2.52. The molecule has 0 bridgehead atoms. The van der Waals surface area contributed by atoms with Crippen LogP contribution < -0.4 is 5.32 Å². The minimum absolute atomic E-state index is 0.0739. The van der Waals surface area contributed by atoms with Crippen molar-refractivity contribution >= 4 is 29.1 Å². The van der Waals surface area contributed by atoms with Gasteiger partial charge in [0.2, 0.25) is 17.6 Å². The average Bonchev–Trinajstić information content (AvgIpc) is 3.11. The van der Waals surface area contributed by atoms with E-state index in [9.17, 15) is 4.79 Å². The summed E-state index contributed by atoms with van der Waals surface area (Å²) in [5.41, 5.74) is 3.00. The number of aromatic nitrogens is 2. The summed E-state index contributed by atoms with van der Waals surface area (Å²) >= 11 is 12.0. The fourth-order valence-corrected chi connectivity index (χ4v) is 3.05. The van der Waals surface area contributed by atoms with Crippen molar-refractivity contribution in [3.63, 3.8) is 0 Å². The molecule has 0 fully saturated rings. The average molecular weight is 404 g/mol. The van der Waals surface area contributed by atoms with Crippen LogP contribution in [0, 0.1) is 6.92 Å². The van der Waals surface area contributed by atoms with Crippen molar-refractivity contribution in [1.82, 2.24) is 15.5 Å². The molecule has 140 valence electrons. The molecule has 0 aliphatic rings. The predicted molar refractivity (Wildman–Crippen MR) is 106 cm³/mol. The van der Waals surface area contributed by atoms with Crippen LogP contribution in [0.2, 0.25) is 10.0 Å². The van der Waals surface area contributed by atoms with Crippen molar-refractivity contribution < 1.29 is 9.32 Å². The van der Waals surface area contributed by atoms with Crippen molar-refractivity contribution in [1.29, 1.82) is 0 Å². The Morgan fingerprint density at radius 2 is 1.89 bits per heavy atom. The summed E-state index contributed by atoms with van der Waals surface area (Å²) in [5, 5.41) is 8.03. The molecule has 7 heteroatoms. The van der Waals surface area contributed by atoms with Crippen LogP contribution in [0.1, 0.15) is 23.4 Å². The second kappa shape index (κ2) is 9.02. The minimum atomic E-state index is -0.0739. The maximum Gasteiger partial charge on any atom is 0.227 e. The molecule has 27 heavy (non-hydrogen) atoms. The second-order valence-corrected chi connectivity index (χ2v) is 7.06. The normalized spacial score (nSPS) is 10.8. The van der Waals surface area contributed by atoms with Crippen LogP contribution in [0.25, 0.3) is 11.4 Å². The van der Waals surface area contributed by atoms with E-state index >= 15 is 0 Å². The van der Waals surface area contributed by atoms with Crippen molar-refractivity contribution in [2.75, 3.05) is 6.54 Å². The Balaban J connectivity index is 1.44. The van der Waals surface area contributed by atoms with E-state index in [0.717, 1.165) is 11.1 Å². The number of benzene rings is 2. The molecule has 0 spiro atoms. The first-order valence-corrected chi connectivity index (χ1v) is 9.37. The van der Waals surface area contributed by atoms with Crippen LogP contribution in [0.3, 0.4) is 0 Å². The zero-order valence-electron chi connectivity index (χ0n) is 14.8. The first-order chi connectivity index (χ1) is 13.0. The number of halogens is 2. The van der Waals surface area contributed by atoms with Crippen molar-refractivity contribution in [2.45, 2.75) is 26.2 Å². The van der Waals surface area contributed by atoms with E-state index in [2.05, 4.69) is 15.5 Å². The first kappa shape index (κ1) is 19.4. The Hall–Kier alpha value is -2.37. The van der Waals surface area contributed by atoms with Crippen LogP contribution >= 0.6 is 23.2 Å². The summed E-state index contributed by atoms with van der Waals surface area (Å²) in [6, 6.07) is 13.2. The van der Waals surface area contributed by atoms with Gasteiger partial charge < -0.3 is 9.84 Å². The van der Waals surface area contributed by atoms with Crippen molar-refractivity contribution in [2.24, 2.45) is 0 Å². The molecule has 0 saturated carbocycles. The van der Waals surface area contributed by atoms with Crippen molar-refractivity contribution in [3.8, 4) is 11.4 Å². The topological polar surface area (TPSA) is 68.0 Å². The maximum atomic E-state index is 12.0. The van der Waals surface area contributed by atoms with Crippen LogP contribution in [0.5, 0.6) is 0 Å². The molecule has 1 N–H and O–H groups in total. The zero-order valence-corrected chi connectivity index (χ0v) is 16.3. The number of carbonyl (C=O) groups excluding carboxylic acids is 1. The highest BCUT2D eigenvalue weighted by atomic mass is 35.5. The molecule has 2 aromatic carbocycles. The smallest absolute Gasteiger partial charge is 0.227 e. The molecule has 1 amide bonds. The Bertz CT molecular complexity index is 923. The number of amides is 1. The molecule has 5 nitrogen and oxygen atoms in total. The molecule has 0 atom stereocenters. The van der Waals surface area contributed by atoms with Crippen LogP contribution in [-0.2, 0) is 17.6 Å². The largest absolute Gasteiger partial charge is 0.356 e. The highest BCUT2D eigenvalue weighted by Gasteiger charge is 2.11. The summed E-state index contributed by atoms with van der Waals surface area (Å²) in [5.74, 6) is 0.902. The van der Waals surface area contributed by atoms with Gasteiger partial charge in [0.15, 0.2) is 0 Å². The summed E-state index contributed by atoms with van der Waals surface area (Å²) in [4.78, 5) is 16.3. The van der Waals surface area contributed by atoms with E-state index in [0.29, 0.717) is 41.1 Å². The lowest BCUT2D eigenvalue weighted by Crippen LogP contribution is -2.26. The SMILES string of the molecule is Cc1ccc(-c2noc(CCC(=O)NCCc3ccc(Cl)cc3Cl)n2)cc1. The summed E-state index contributed by atoms with van der Waals surface area (Å²) < 4.78 is 5.23. The lowest BCUT2D eigenvalue weighted by molar-refractivity contribution is -0.121. The molecular weight excluding hydrogens is 385 g/mol. The lowest BCUT2D eigenvalue weighted by Gasteiger charge is -2.06. The molecule has 0 aliphatic heterocycles. The van der Waals surface area contributed by atoms with Gasteiger partial charge in [0.25, 0.3) is 0 Å². The fraction of sp³-hybridized carbons (Fsp3) is 0.250. The third kappa shape index (κ3) is 5.55. The zero-order chi connectivity index (χ0) is 19.2. The van der Waals surface area contributed by atoms with Gasteiger partial charge in [-0.15, -0.1) is 0 Å². The van der Waals surface area contributed by atoms with Gasteiger partial charge in [-0.3, -0.25) is 4.79 Å². The quantitative estimate of drug-likeness (QED) is 0.623. The van der Waals surface area contributed by atoms with Gasteiger partial charge in [0.1, 0.15) is 0 Å². The Morgan fingerprint density at radius 3 is 2.63 bits per heavy atom. The van der Waals surface area contributed by atoms with Crippen molar-refractivity contribution in [3.05, 3.63) is 69.5 Å². The van der Waals surface area contributed by atoms with Gasteiger partial charge in [-0.1, -0.05) is 64.3 Å². The Labute approximate surface area is 167 Å². The Morgan fingerprint density at radius 1 is 1.11 bits per heavy atom. The van der Waals surface area contributed by atoms with Gasteiger partial charge in [-0.2, -0.15) is 4.98 Å². The van der Waals surface area contributed by atoms with Gasteiger partial charge in [0, 0.05) is 35.0 Å². The standard InChI is InChI=1S/C20H19Cl2N3O2/c1-13-2-4-15(5-3-13)20-24-19(27-25-20)9-8-18(26)23-11-10-14-6-7-16(21)12-17(14)22/h2-7,12H,8-11H2,1H3,(H,23,26). The maximum absolute atomic E-state index is 12.0. The highest BCUT2D eigenvalue weighted by molar-refractivity contribution is 6.35. The molecule has 0 radical (unpaired) electrons. The summed E-state index contributed by atoms with van der Waals surface area (Å²) in [6.07, 6.45) is 1.32. The molecular formula is C20H19Cl2N3O2. The molecule has 0 aliphatic carbocycles. The van der Waals surface area contributed by atoms with Gasteiger partial charge in [-0.05, 0) is 31.0 Å². The first-order valence-electron chi connectivity index (χ1n) is 8.61. The highest BCUT2D eigenvalue weighted by Crippen LogP contribution is 2.21. The number of aryl methyl sites for hydroxylation is 2. The fourth-order valence-electron chi connectivity index (χ4n) is 2.55. The molecule has 0 unspecified atom stereocenters. The minimum Gasteiger partial charge on any atom is -0.356 e. The molecule has 1 aromatic heterocycles. The van der Waals surface area contributed by atoms with E-state index < -0.39 is 0 Å². The van der Waals surface area contributed by atoms with E-state index in [4.69, 9.17) is 27.7 Å². The van der Waals surface area contributed by atoms with Gasteiger partial charge in [-0.25, -0.2) is 0 Å². The van der Waals surface area contributed by atoms with E-state index in [1.165, 1.54) is 5.56 Å². The number of carbonyl (C=O) groups is 1. The second-order valence-electron chi connectivity index (χ2n) is 6.21. The van der Waals surface area contributed by atoms with Gasteiger partial charge >= 0.3 is 0 Å². The molecule has 0 saturated heterocycles. The molecule has 3 aromatic rings. The predicted octanol–water partition coefficient (Wildman–Crippen LogP) is 4.64. The summed E-state index contributed by atoms with van der Waals surface area (Å²) in [7, 11) is 0.